The first-order chi connectivity index (χ1) is 14.9. The number of hydrogen-bond acceptors (Lipinski definition) is 5. The molecule has 3 aromatic rings. The number of benzene rings is 2. The molecule has 0 saturated carbocycles. The third kappa shape index (κ3) is 5.18. The quantitative estimate of drug-likeness (QED) is 0.547. The van der Waals surface area contributed by atoms with Gasteiger partial charge in [0.25, 0.3) is 0 Å². The van der Waals surface area contributed by atoms with E-state index < -0.39 is 39.7 Å². The predicted molar refractivity (Wildman–Crippen MR) is 113 cm³/mol. The minimum Gasteiger partial charge on any atom is -0.356 e. The van der Waals surface area contributed by atoms with E-state index in [1.165, 1.54) is 12.1 Å². The molecule has 32 heavy (non-hydrogen) atoms. The topological polar surface area (TPSA) is 89.3 Å². The van der Waals surface area contributed by atoms with Crippen LogP contribution in [0.15, 0.2) is 51.9 Å². The Labute approximate surface area is 183 Å². The average Bonchev–Trinajstić information content (AvgIpc) is 3.05. The van der Waals surface area contributed by atoms with Gasteiger partial charge in [-0.15, -0.1) is 0 Å². The van der Waals surface area contributed by atoms with E-state index in [4.69, 9.17) is 4.52 Å². The molecule has 2 aromatic carbocycles. The van der Waals surface area contributed by atoms with Crippen LogP contribution in [0.3, 0.4) is 0 Å². The maximum atomic E-state index is 12.9. The van der Waals surface area contributed by atoms with Crippen molar-refractivity contribution in [2.75, 3.05) is 11.1 Å². The highest BCUT2D eigenvalue weighted by Gasteiger charge is 2.30. The van der Waals surface area contributed by atoms with E-state index >= 15 is 0 Å². The minimum absolute atomic E-state index is 0.0512. The van der Waals surface area contributed by atoms with Gasteiger partial charge in [0.1, 0.15) is 0 Å². The van der Waals surface area contributed by atoms with Crippen LogP contribution in [0.5, 0.6) is 0 Å². The number of carbonyl (C=O) groups is 1. The van der Waals surface area contributed by atoms with Gasteiger partial charge in [0, 0.05) is 23.2 Å². The molecule has 0 radical (unpaired) electrons. The van der Waals surface area contributed by atoms with E-state index in [-0.39, 0.29) is 10.6 Å². The van der Waals surface area contributed by atoms with Crippen molar-refractivity contribution >= 4 is 21.4 Å². The summed E-state index contributed by atoms with van der Waals surface area (Å²) in [6.07, 6.45) is -4.96. The van der Waals surface area contributed by atoms with Crippen molar-refractivity contribution < 1.29 is 30.9 Å². The number of anilines is 1. The number of sulfone groups is 1. The lowest BCUT2D eigenvalue weighted by Crippen LogP contribution is -2.18. The smallest absolute Gasteiger partial charge is 0.356 e. The molecule has 0 saturated heterocycles. The summed E-state index contributed by atoms with van der Waals surface area (Å²) in [6.45, 7) is 5.22. The largest absolute Gasteiger partial charge is 0.416 e. The number of aromatic nitrogens is 1. The number of carbonyl (C=O) groups excluding carboxylic acids is 1. The van der Waals surface area contributed by atoms with E-state index in [1.807, 2.05) is 6.92 Å². The predicted octanol–water partition coefficient (Wildman–Crippen LogP) is 5.09. The van der Waals surface area contributed by atoms with Crippen molar-refractivity contribution in [2.45, 2.75) is 38.3 Å². The highest BCUT2D eigenvalue weighted by molar-refractivity contribution is 7.91. The number of alkyl halides is 3. The Morgan fingerprint density at radius 3 is 2.44 bits per heavy atom. The van der Waals surface area contributed by atoms with Crippen molar-refractivity contribution in [3.8, 4) is 11.3 Å². The zero-order chi connectivity index (χ0) is 23.7. The summed E-state index contributed by atoms with van der Waals surface area (Å²) in [5.74, 6) is -0.749. The van der Waals surface area contributed by atoms with Crippen molar-refractivity contribution in [3.63, 3.8) is 0 Å². The van der Waals surface area contributed by atoms with Crippen LogP contribution in [0.1, 0.15) is 28.8 Å². The van der Waals surface area contributed by atoms with E-state index in [2.05, 4.69) is 10.5 Å². The highest BCUT2D eigenvalue weighted by atomic mass is 32.2. The Morgan fingerprint density at radius 1 is 1.09 bits per heavy atom. The molecule has 0 bridgehead atoms. The zero-order valence-corrected chi connectivity index (χ0v) is 18.4. The van der Waals surface area contributed by atoms with Gasteiger partial charge < -0.3 is 9.84 Å². The fourth-order valence-electron chi connectivity index (χ4n) is 3.09. The van der Waals surface area contributed by atoms with Gasteiger partial charge in [-0.25, -0.2) is 8.42 Å². The van der Waals surface area contributed by atoms with Crippen molar-refractivity contribution in [3.05, 3.63) is 64.8 Å². The van der Waals surface area contributed by atoms with Gasteiger partial charge in [-0.3, -0.25) is 4.79 Å². The summed E-state index contributed by atoms with van der Waals surface area (Å²) >= 11 is 0. The molecule has 0 unspecified atom stereocenters. The Bertz CT molecular complexity index is 1260. The van der Waals surface area contributed by atoms with E-state index in [1.54, 1.807) is 26.0 Å². The Hall–Kier alpha value is -3.14. The number of halogens is 3. The van der Waals surface area contributed by atoms with Gasteiger partial charge >= 0.3 is 6.18 Å². The lowest BCUT2D eigenvalue weighted by molar-refractivity contribution is -0.137. The summed E-state index contributed by atoms with van der Waals surface area (Å²) in [7, 11) is -3.85. The molecule has 0 aliphatic heterocycles. The van der Waals surface area contributed by atoms with Crippen molar-refractivity contribution in [2.24, 2.45) is 0 Å². The van der Waals surface area contributed by atoms with E-state index in [0.29, 0.717) is 22.6 Å². The fraction of sp³-hybridized carbons (Fsp3) is 0.273. The van der Waals surface area contributed by atoms with Crippen molar-refractivity contribution in [1.82, 2.24) is 5.16 Å². The molecule has 170 valence electrons. The second kappa shape index (κ2) is 8.78. The third-order valence-electron chi connectivity index (χ3n) is 5.01. The van der Waals surface area contributed by atoms with Crippen LogP contribution in [-0.4, -0.2) is 25.2 Å². The third-order valence-corrected chi connectivity index (χ3v) is 6.87. The molecule has 0 aliphatic carbocycles. The first-order valence-electron chi connectivity index (χ1n) is 9.62. The molecular weight excluding hydrogens is 445 g/mol. The number of nitrogens with zero attached hydrogens (tertiary/aromatic N) is 1. The van der Waals surface area contributed by atoms with E-state index in [0.717, 1.165) is 23.8 Å². The fourth-order valence-corrected chi connectivity index (χ4v) is 4.63. The van der Waals surface area contributed by atoms with Gasteiger partial charge in [-0.1, -0.05) is 23.4 Å². The van der Waals surface area contributed by atoms with Gasteiger partial charge in [0.15, 0.2) is 15.6 Å². The summed E-state index contributed by atoms with van der Waals surface area (Å²) < 4.78 is 69.5. The van der Waals surface area contributed by atoms with Gasteiger partial charge in [-0.2, -0.15) is 13.2 Å². The second-order valence-electron chi connectivity index (χ2n) is 7.40. The van der Waals surface area contributed by atoms with Gasteiger partial charge in [0.2, 0.25) is 5.91 Å². The van der Waals surface area contributed by atoms with Crippen LogP contribution in [-0.2, 0) is 20.8 Å². The second-order valence-corrected chi connectivity index (χ2v) is 9.48. The number of rotatable bonds is 6. The molecule has 0 aliphatic rings. The first kappa shape index (κ1) is 23.5. The number of nitrogens with one attached hydrogen (secondary N) is 1. The molecule has 1 aromatic heterocycles. The number of amides is 1. The van der Waals surface area contributed by atoms with Crippen LogP contribution in [0, 0.1) is 20.8 Å². The molecule has 3 rings (SSSR count). The Kier molecular flexibility index (Phi) is 6.45. The Balaban J connectivity index is 1.75. The standard InChI is InChI=1S/C22H21F3N2O4S/c1-13-7-8-16(21-14(2)15(3)27-31-21)11-19(13)32(29,30)10-9-20(28)26-18-6-4-5-17(12-18)22(23,24)25/h4-8,11-12H,9-10H2,1-3H3,(H,26,28). The van der Waals surface area contributed by atoms with Crippen LogP contribution in [0.25, 0.3) is 11.3 Å². The van der Waals surface area contributed by atoms with Crippen LogP contribution < -0.4 is 5.32 Å². The average molecular weight is 466 g/mol. The first-order valence-corrected chi connectivity index (χ1v) is 11.3. The lowest BCUT2D eigenvalue weighted by atomic mass is 10.1. The molecule has 0 fully saturated rings. The highest BCUT2D eigenvalue weighted by Crippen LogP contribution is 2.31. The molecule has 1 amide bonds. The van der Waals surface area contributed by atoms with Crippen LogP contribution in [0.2, 0.25) is 0 Å². The summed E-state index contributed by atoms with van der Waals surface area (Å²) in [4.78, 5) is 12.2. The van der Waals surface area contributed by atoms with Crippen LogP contribution in [0.4, 0.5) is 18.9 Å². The maximum absolute atomic E-state index is 12.9. The zero-order valence-electron chi connectivity index (χ0n) is 17.6. The molecule has 1 N–H and O–H groups in total. The molecule has 10 heteroatoms. The lowest BCUT2D eigenvalue weighted by Gasteiger charge is -2.11. The summed E-state index contributed by atoms with van der Waals surface area (Å²) in [5, 5.41) is 6.19. The molecule has 6 nitrogen and oxygen atoms in total. The molecular formula is C22H21F3N2O4S. The Morgan fingerprint density at radius 2 is 1.81 bits per heavy atom. The molecule has 0 spiro atoms. The van der Waals surface area contributed by atoms with Crippen molar-refractivity contribution in [1.29, 1.82) is 0 Å². The number of aryl methyl sites for hydroxylation is 2. The minimum atomic E-state index is -4.55. The normalized spacial score (nSPS) is 12.1. The SMILES string of the molecule is Cc1ccc(-c2onc(C)c2C)cc1S(=O)(=O)CCC(=O)Nc1cccc(C(F)(F)F)c1. The van der Waals surface area contributed by atoms with E-state index in [9.17, 15) is 26.4 Å². The monoisotopic (exact) mass is 466 g/mol. The summed E-state index contributed by atoms with van der Waals surface area (Å²) in [5.41, 5.74) is 1.56. The van der Waals surface area contributed by atoms with Crippen LogP contribution >= 0.6 is 0 Å². The molecule has 0 atom stereocenters. The summed E-state index contributed by atoms with van der Waals surface area (Å²) in [6, 6.07) is 8.98. The van der Waals surface area contributed by atoms with Gasteiger partial charge in [0.05, 0.1) is 21.9 Å². The van der Waals surface area contributed by atoms with Gasteiger partial charge in [-0.05, 0) is 50.6 Å². The molecule has 1 heterocycles. The number of hydrogen-bond donors (Lipinski definition) is 1. The maximum Gasteiger partial charge on any atom is 0.416 e.